The van der Waals surface area contributed by atoms with E-state index in [1.54, 1.807) is 20.1 Å². The quantitative estimate of drug-likeness (QED) is 0.597. The SMILES string of the molecule is Cc1nn(C)c2cn(CC(=O)Nc3ccn(Cc4ccccc4)n3)nc12. The number of nitrogens with one attached hydrogen (secondary N) is 1. The molecule has 0 spiro atoms. The third-order valence-electron chi connectivity index (χ3n) is 4.13. The van der Waals surface area contributed by atoms with Crippen LogP contribution < -0.4 is 5.32 Å². The second-order valence-electron chi connectivity index (χ2n) is 6.20. The molecule has 0 aliphatic heterocycles. The number of nitrogens with zero attached hydrogens (tertiary/aromatic N) is 6. The van der Waals surface area contributed by atoms with Crippen molar-refractivity contribution in [1.82, 2.24) is 29.3 Å². The van der Waals surface area contributed by atoms with E-state index in [-0.39, 0.29) is 12.5 Å². The lowest BCUT2D eigenvalue weighted by atomic mass is 10.2. The maximum atomic E-state index is 12.3. The summed E-state index contributed by atoms with van der Waals surface area (Å²) in [6.45, 7) is 2.69. The van der Waals surface area contributed by atoms with Crippen molar-refractivity contribution < 1.29 is 4.79 Å². The smallest absolute Gasteiger partial charge is 0.247 e. The number of rotatable bonds is 5. The summed E-state index contributed by atoms with van der Waals surface area (Å²) < 4.78 is 5.18. The minimum Gasteiger partial charge on any atom is -0.308 e. The van der Waals surface area contributed by atoms with Crippen LogP contribution >= 0.6 is 0 Å². The molecule has 0 saturated heterocycles. The molecule has 3 aromatic heterocycles. The van der Waals surface area contributed by atoms with Gasteiger partial charge < -0.3 is 5.32 Å². The zero-order valence-electron chi connectivity index (χ0n) is 14.6. The molecule has 0 unspecified atom stereocenters. The Hall–Kier alpha value is -3.42. The van der Waals surface area contributed by atoms with E-state index < -0.39 is 0 Å². The fourth-order valence-corrected chi connectivity index (χ4v) is 2.93. The van der Waals surface area contributed by atoms with Crippen molar-refractivity contribution in [3.8, 4) is 0 Å². The van der Waals surface area contributed by atoms with E-state index in [0.29, 0.717) is 12.4 Å². The van der Waals surface area contributed by atoms with Crippen molar-refractivity contribution in [2.45, 2.75) is 20.0 Å². The molecule has 0 bridgehead atoms. The summed E-state index contributed by atoms with van der Waals surface area (Å²) in [5.41, 5.74) is 3.72. The Morgan fingerprint density at radius 2 is 1.88 bits per heavy atom. The van der Waals surface area contributed by atoms with Gasteiger partial charge in [-0.15, -0.1) is 0 Å². The number of fused-ring (bicyclic) bond motifs is 1. The molecule has 26 heavy (non-hydrogen) atoms. The Morgan fingerprint density at radius 3 is 2.65 bits per heavy atom. The molecule has 8 heteroatoms. The Labute approximate surface area is 150 Å². The summed E-state index contributed by atoms with van der Waals surface area (Å²) in [5.74, 6) is 0.355. The lowest BCUT2D eigenvalue weighted by molar-refractivity contribution is -0.116. The molecule has 1 aromatic carbocycles. The first-order valence-electron chi connectivity index (χ1n) is 8.32. The zero-order chi connectivity index (χ0) is 18.1. The number of amides is 1. The maximum Gasteiger partial charge on any atom is 0.247 e. The molecular weight excluding hydrogens is 330 g/mol. The van der Waals surface area contributed by atoms with Crippen molar-refractivity contribution in [2.24, 2.45) is 7.05 Å². The number of hydrogen-bond acceptors (Lipinski definition) is 4. The minimum absolute atomic E-state index is 0.125. The van der Waals surface area contributed by atoms with E-state index in [4.69, 9.17) is 0 Å². The van der Waals surface area contributed by atoms with Gasteiger partial charge in [-0.25, -0.2) is 0 Å². The first-order chi connectivity index (χ1) is 12.6. The molecule has 1 N–H and O–H groups in total. The second kappa shape index (κ2) is 6.47. The average Bonchev–Trinajstić information content (AvgIpc) is 3.28. The minimum atomic E-state index is -0.173. The van der Waals surface area contributed by atoms with Crippen LogP contribution in [0.3, 0.4) is 0 Å². The highest BCUT2D eigenvalue weighted by molar-refractivity contribution is 5.89. The Kier molecular flexibility index (Phi) is 4.00. The molecule has 4 rings (SSSR count). The molecule has 0 aliphatic rings. The highest BCUT2D eigenvalue weighted by Crippen LogP contribution is 2.15. The van der Waals surface area contributed by atoms with Gasteiger partial charge in [-0.1, -0.05) is 30.3 Å². The van der Waals surface area contributed by atoms with E-state index in [1.807, 2.05) is 56.7 Å². The van der Waals surface area contributed by atoms with Crippen molar-refractivity contribution in [3.05, 3.63) is 60.0 Å². The predicted octanol–water partition coefficient (Wildman–Crippen LogP) is 1.96. The summed E-state index contributed by atoms with van der Waals surface area (Å²) in [6.07, 6.45) is 3.67. The van der Waals surface area contributed by atoms with Gasteiger partial charge in [0.15, 0.2) is 5.82 Å². The average molecular weight is 349 g/mol. The molecular formula is C18H19N7O. The molecule has 0 saturated carbocycles. The summed E-state index contributed by atoms with van der Waals surface area (Å²) in [4.78, 5) is 12.3. The number of carbonyl (C=O) groups is 1. The van der Waals surface area contributed by atoms with Crippen LogP contribution in [0.4, 0.5) is 5.82 Å². The second-order valence-corrected chi connectivity index (χ2v) is 6.20. The van der Waals surface area contributed by atoms with Gasteiger partial charge in [0.05, 0.1) is 18.4 Å². The van der Waals surface area contributed by atoms with Gasteiger partial charge in [0, 0.05) is 19.3 Å². The normalized spacial score (nSPS) is 11.2. The first-order valence-corrected chi connectivity index (χ1v) is 8.32. The number of benzene rings is 1. The topological polar surface area (TPSA) is 82.6 Å². The number of carbonyl (C=O) groups excluding carboxylic acids is 1. The fraction of sp³-hybridized carbons (Fsp3) is 0.222. The van der Waals surface area contributed by atoms with Gasteiger partial charge in [-0.05, 0) is 12.5 Å². The van der Waals surface area contributed by atoms with Crippen molar-refractivity contribution in [2.75, 3.05) is 5.32 Å². The van der Waals surface area contributed by atoms with E-state index in [9.17, 15) is 4.79 Å². The van der Waals surface area contributed by atoms with Crippen LogP contribution in [-0.2, 0) is 24.9 Å². The van der Waals surface area contributed by atoms with Gasteiger partial charge in [-0.2, -0.15) is 15.3 Å². The van der Waals surface area contributed by atoms with Crippen LogP contribution in [0, 0.1) is 6.92 Å². The summed E-state index contributed by atoms with van der Waals surface area (Å²) in [7, 11) is 1.86. The van der Waals surface area contributed by atoms with Gasteiger partial charge in [0.2, 0.25) is 5.91 Å². The first kappa shape index (κ1) is 16.1. The van der Waals surface area contributed by atoms with Crippen LogP contribution in [0.2, 0.25) is 0 Å². The predicted molar refractivity (Wildman–Crippen MR) is 97.6 cm³/mol. The van der Waals surface area contributed by atoms with Crippen LogP contribution in [0.15, 0.2) is 48.8 Å². The van der Waals surface area contributed by atoms with Crippen LogP contribution in [0.5, 0.6) is 0 Å². The summed E-state index contributed by atoms with van der Waals surface area (Å²) in [5, 5.41) is 15.9. The van der Waals surface area contributed by atoms with Gasteiger partial charge in [-0.3, -0.25) is 18.8 Å². The largest absolute Gasteiger partial charge is 0.308 e. The Morgan fingerprint density at radius 1 is 1.08 bits per heavy atom. The molecule has 8 nitrogen and oxygen atoms in total. The van der Waals surface area contributed by atoms with Crippen LogP contribution in [-0.4, -0.2) is 35.2 Å². The van der Waals surface area contributed by atoms with Crippen molar-refractivity contribution in [3.63, 3.8) is 0 Å². The number of anilines is 1. The maximum absolute atomic E-state index is 12.3. The van der Waals surface area contributed by atoms with Crippen molar-refractivity contribution >= 4 is 22.8 Å². The molecule has 0 atom stereocenters. The Balaban J connectivity index is 1.40. The van der Waals surface area contributed by atoms with E-state index in [1.165, 1.54) is 0 Å². The lowest BCUT2D eigenvalue weighted by Gasteiger charge is -2.03. The highest BCUT2D eigenvalue weighted by Gasteiger charge is 2.12. The van der Waals surface area contributed by atoms with Crippen molar-refractivity contribution in [1.29, 1.82) is 0 Å². The molecule has 1 amide bonds. The number of aryl methyl sites for hydroxylation is 2. The fourth-order valence-electron chi connectivity index (χ4n) is 2.93. The number of hydrogen-bond donors (Lipinski definition) is 1. The van der Waals surface area contributed by atoms with E-state index in [0.717, 1.165) is 22.3 Å². The van der Waals surface area contributed by atoms with Gasteiger partial charge in [0.1, 0.15) is 17.6 Å². The third kappa shape index (κ3) is 3.21. The summed E-state index contributed by atoms with van der Waals surface area (Å²) in [6, 6.07) is 11.8. The molecule has 3 heterocycles. The van der Waals surface area contributed by atoms with Crippen LogP contribution in [0.1, 0.15) is 11.3 Å². The number of aromatic nitrogens is 6. The van der Waals surface area contributed by atoms with Gasteiger partial charge >= 0.3 is 0 Å². The van der Waals surface area contributed by atoms with Crippen LogP contribution in [0.25, 0.3) is 11.0 Å². The zero-order valence-corrected chi connectivity index (χ0v) is 14.6. The molecule has 132 valence electrons. The highest BCUT2D eigenvalue weighted by atomic mass is 16.2. The molecule has 0 fully saturated rings. The monoisotopic (exact) mass is 349 g/mol. The molecule has 4 aromatic rings. The summed E-state index contributed by atoms with van der Waals surface area (Å²) >= 11 is 0. The Bertz CT molecular complexity index is 1020. The lowest BCUT2D eigenvalue weighted by Crippen LogP contribution is -2.19. The third-order valence-corrected chi connectivity index (χ3v) is 4.13. The van der Waals surface area contributed by atoms with Gasteiger partial charge in [0.25, 0.3) is 0 Å². The molecule has 0 aliphatic carbocycles. The molecule has 0 radical (unpaired) electrons. The van der Waals surface area contributed by atoms with E-state index in [2.05, 4.69) is 20.6 Å². The standard InChI is InChI=1S/C18H19N7O/c1-13-18-15(23(2)20-13)11-25(22-18)12-17(26)19-16-8-9-24(21-16)10-14-6-4-3-5-7-14/h3-9,11H,10,12H2,1-2H3,(H,19,21,26). The van der Waals surface area contributed by atoms with E-state index >= 15 is 0 Å².